The molecule has 0 aliphatic rings. The van der Waals surface area contributed by atoms with Gasteiger partial charge in [-0.15, -0.1) is 0 Å². The van der Waals surface area contributed by atoms with E-state index in [9.17, 15) is 12.8 Å². The van der Waals surface area contributed by atoms with Gasteiger partial charge in [-0.05, 0) is 32.0 Å². The maximum atomic E-state index is 13.5. The monoisotopic (exact) mass is 321 g/mol. The molecule has 0 unspecified atom stereocenters. The fraction of sp³-hybridized carbons (Fsp3) is 0.273. The Balaban J connectivity index is 2.94. The molecule has 0 saturated heterocycles. The summed E-state index contributed by atoms with van der Waals surface area (Å²) < 4.78 is 39.8. The van der Waals surface area contributed by atoms with Crippen LogP contribution >= 0.6 is 15.9 Å². The highest BCUT2D eigenvalue weighted by atomic mass is 79.9. The molecule has 1 aromatic rings. The Morgan fingerprint density at radius 2 is 2.12 bits per heavy atom. The van der Waals surface area contributed by atoms with Crippen LogP contribution in [-0.4, -0.2) is 15.0 Å². The fourth-order valence-electron chi connectivity index (χ4n) is 1.13. The van der Waals surface area contributed by atoms with Gasteiger partial charge in [-0.1, -0.05) is 27.6 Å². The van der Waals surface area contributed by atoms with Crippen molar-refractivity contribution in [2.75, 3.05) is 6.54 Å². The highest BCUT2D eigenvalue weighted by molar-refractivity contribution is 9.10. The normalized spacial score (nSPS) is 11.3. The molecule has 0 atom stereocenters. The van der Waals surface area contributed by atoms with E-state index in [1.54, 1.807) is 6.08 Å². The van der Waals surface area contributed by atoms with Crippen LogP contribution < -0.4 is 4.72 Å². The lowest BCUT2D eigenvalue weighted by molar-refractivity contribution is 0.559. The molecule has 0 aromatic heterocycles. The maximum Gasteiger partial charge on any atom is 0.243 e. The third kappa shape index (κ3) is 4.22. The molecular weight excluding hydrogens is 309 g/mol. The van der Waals surface area contributed by atoms with Crippen molar-refractivity contribution >= 4 is 26.0 Å². The lowest BCUT2D eigenvalue weighted by Gasteiger charge is -2.06. The quantitative estimate of drug-likeness (QED) is 0.867. The zero-order valence-electron chi connectivity index (χ0n) is 9.50. The van der Waals surface area contributed by atoms with Gasteiger partial charge in [-0.2, -0.15) is 0 Å². The number of nitrogens with one attached hydrogen (secondary N) is 1. The molecule has 1 aromatic carbocycles. The summed E-state index contributed by atoms with van der Waals surface area (Å²) in [5, 5.41) is 0. The van der Waals surface area contributed by atoms with Gasteiger partial charge in [0.1, 0.15) is 10.7 Å². The van der Waals surface area contributed by atoms with Crippen molar-refractivity contribution in [3.63, 3.8) is 0 Å². The Bertz CT molecular complexity index is 536. The van der Waals surface area contributed by atoms with Gasteiger partial charge in [-0.3, -0.25) is 0 Å². The van der Waals surface area contributed by atoms with Crippen LogP contribution in [0, 0.1) is 5.82 Å². The van der Waals surface area contributed by atoms with Gasteiger partial charge in [0.2, 0.25) is 10.0 Å². The molecule has 17 heavy (non-hydrogen) atoms. The predicted octanol–water partition coefficient (Wildman–Crippen LogP) is 2.83. The van der Waals surface area contributed by atoms with Crippen LogP contribution in [0.1, 0.15) is 13.8 Å². The number of hydrogen-bond acceptors (Lipinski definition) is 2. The van der Waals surface area contributed by atoms with Crippen molar-refractivity contribution in [2.45, 2.75) is 18.7 Å². The van der Waals surface area contributed by atoms with E-state index in [1.165, 1.54) is 12.1 Å². The Morgan fingerprint density at radius 3 is 2.65 bits per heavy atom. The van der Waals surface area contributed by atoms with Crippen LogP contribution in [0.4, 0.5) is 4.39 Å². The second-order valence-electron chi connectivity index (χ2n) is 3.71. The third-order valence-electron chi connectivity index (χ3n) is 1.97. The van der Waals surface area contributed by atoms with E-state index in [4.69, 9.17) is 0 Å². The van der Waals surface area contributed by atoms with E-state index in [0.29, 0.717) is 4.47 Å². The number of halogens is 2. The molecule has 0 aliphatic heterocycles. The fourth-order valence-corrected chi connectivity index (χ4v) is 2.48. The smallest absolute Gasteiger partial charge is 0.207 e. The first kappa shape index (κ1) is 14.3. The summed E-state index contributed by atoms with van der Waals surface area (Å²) in [6.45, 7) is 3.86. The van der Waals surface area contributed by atoms with Crippen LogP contribution in [0.25, 0.3) is 0 Å². The first-order valence-electron chi connectivity index (χ1n) is 4.91. The minimum absolute atomic E-state index is 0.153. The molecule has 0 fully saturated rings. The van der Waals surface area contributed by atoms with E-state index < -0.39 is 15.8 Å². The van der Waals surface area contributed by atoms with E-state index >= 15 is 0 Å². The number of benzene rings is 1. The first-order chi connectivity index (χ1) is 7.83. The Hall–Kier alpha value is -0.720. The number of hydrogen-bond donors (Lipinski definition) is 1. The summed E-state index contributed by atoms with van der Waals surface area (Å²) in [4.78, 5) is -0.345. The molecule has 0 spiro atoms. The van der Waals surface area contributed by atoms with Crippen molar-refractivity contribution in [1.82, 2.24) is 4.72 Å². The van der Waals surface area contributed by atoms with Crippen molar-refractivity contribution in [3.8, 4) is 0 Å². The molecule has 6 heteroatoms. The summed E-state index contributed by atoms with van der Waals surface area (Å²) >= 11 is 3.07. The molecule has 1 rings (SSSR count). The van der Waals surface area contributed by atoms with Gasteiger partial charge in [-0.25, -0.2) is 17.5 Å². The SMILES string of the molecule is CC(C)=CCNS(=O)(=O)c1ccc(Br)cc1F. The summed E-state index contributed by atoms with van der Waals surface area (Å²) in [7, 11) is -3.79. The standard InChI is InChI=1S/C11H13BrFNO2S/c1-8(2)5-6-14-17(15,16)11-4-3-9(12)7-10(11)13/h3-5,7,14H,6H2,1-2H3. The van der Waals surface area contributed by atoms with Gasteiger partial charge >= 0.3 is 0 Å². The average Bonchev–Trinajstić information content (AvgIpc) is 2.15. The first-order valence-corrected chi connectivity index (χ1v) is 7.18. The van der Waals surface area contributed by atoms with E-state index in [0.717, 1.165) is 11.6 Å². The van der Waals surface area contributed by atoms with Crippen LogP contribution in [-0.2, 0) is 10.0 Å². The average molecular weight is 322 g/mol. The van der Waals surface area contributed by atoms with Crippen LogP contribution in [0.3, 0.4) is 0 Å². The Morgan fingerprint density at radius 1 is 1.47 bits per heavy atom. The Labute approximate surface area is 109 Å². The molecule has 94 valence electrons. The summed E-state index contributed by atoms with van der Waals surface area (Å²) in [6, 6.07) is 3.83. The molecule has 0 aliphatic carbocycles. The molecular formula is C11H13BrFNO2S. The van der Waals surface area contributed by atoms with E-state index in [2.05, 4.69) is 20.7 Å². The minimum Gasteiger partial charge on any atom is -0.207 e. The predicted molar refractivity (Wildman–Crippen MR) is 68.7 cm³/mol. The zero-order chi connectivity index (χ0) is 13.1. The largest absolute Gasteiger partial charge is 0.243 e. The molecule has 0 heterocycles. The van der Waals surface area contributed by atoms with Crippen LogP contribution in [0.2, 0.25) is 0 Å². The minimum atomic E-state index is -3.79. The van der Waals surface area contributed by atoms with E-state index in [1.807, 2.05) is 13.8 Å². The number of rotatable bonds is 4. The molecule has 0 radical (unpaired) electrons. The molecule has 1 N–H and O–H groups in total. The second kappa shape index (κ2) is 5.75. The van der Waals surface area contributed by atoms with Gasteiger partial charge in [0.15, 0.2) is 0 Å². The molecule has 0 saturated carbocycles. The Kier molecular flexibility index (Phi) is 4.85. The van der Waals surface area contributed by atoms with Gasteiger partial charge in [0.25, 0.3) is 0 Å². The second-order valence-corrected chi connectivity index (χ2v) is 6.36. The van der Waals surface area contributed by atoms with Crippen molar-refractivity contribution in [2.24, 2.45) is 0 Å². The maximum absolute atomic E-state index is 13.5. The van der Waals surface area contributed by atoms with Crippen molar-refractivity contribution in [3.05, 3.63) is 40.1 Å². The van der Waals surface area contributed by atoms with Crippen LogP contribution in [0.15, 0.2) is 39.2 Å². The van der Waals surface area contributed by atoms with Crippen LogP contribution in [0.5, 0.6) is 0 Å². The zero-order valence-corrected chi connectivity index (χ0v) is 11.9. The van der Waals surface area contributed by atoms with E-state index in [-0.39, 0.29) is 11.4 Å². The highest BCUT2D eigenvalue weighted by Crippen LogP contribution is 2.19. The number of allylic oxidation sites excluding steroid dienone is 1. The van der Waals surface area contributed by atoms with Gasteiger partial charge in [0, 0.05) is 11.0 Å². The summed E-state index contributed by atoms with van der Waals surface area (Å²) in [5.41, 5.74) is 0.990. The summed E-state index contributed by atoms with van der Waals surface area (Å²) in [6.07, 6.45) is 1.72. The van der Waals surface area contributed by atoms with Gasteiger partial charge in [0.05, 0.1) is 0 Å². The van der Waals surface area contributed by atoms with Crippen molar-refractivity contribution < 1.29 is 12.8 Å². The lowest BCUT2D eigenvalue weighted by Crippen LogP contribution is -2.24. The third-order valence-corrected chi connectivity index (χ3v) is 3.92. The van der Waals surface area contributed by atoms with Gasteiger partial charge < -0.3 is 0 Å². The number of sulfonamides is 1. The topological polar surface area (TPSA) is 46.2 Å². The van der Waals surface area contributed by atoms with Crippen molar-refractivity contribution in [1.29, 1.82) is 0 Å². The molecule has 0 bridgehead atoms. The molecule has 0 amide bonds. The summed E-state index contributed by atoms with van der Waals surface area (Å²) in [5.74, 6) is -0.774. The lowest BCUT2D eigenvalue weighted by atomic mass is 10.3. The highest BCUT2D eigenvalue weighted by Gasteiger charge is 2.17. The molecule has 3 nitrogen and oxygen atoms in total.